The van der Waals surface area contributed by atoms with Gasteiger partial charge in [0.2, 0.25) is 0 Å². The molecule has 1 aliphatic carbocycles. The van der Waals surface area contributed by atoms with Crippen LogP contribution in [0, 0.1) is 12.3 Å². The van der Waals surface area contributed by atoms with E-state index >= 15 is 0 Å². The van der Waals surface area contributed by atoms with Gasteiger partial charge in [-0.2, -0.15) is 12.6 Å². The smallest absolute Gasteiger partial charge is 0.271 e. The molecule has 20 heavy (non-hydrogen) atoms. The maximum atomic E-state index is 12.6. The van der Waals surface area contributed by atoms with Crippen molar-refractivity contribution in [1.82, 2.24) is 9.55 Å². The van der Waals surface area contributed by atoms with Gasteiger partial charge in [-0.1, -0.05) is 19.3 Å². The summed E-state index contributed by atoms with van der Waals surface area (Å²) in [6.07, 6.45) is 7.89. The van der Waals surface area contributed by atoms with Crippen LogP contribution in [0.4, 0.5) is 0 Å². The molecule has 0 bridgehead atoms. The minimum absolute atomic E-state index is 0.111. The van der Waals surface area contributed by atoms with Crippen LogP contribution >= 0.6 is 24.0 Å². The number of nitrogens with zero attached hydrogens (tertiary/aromatic N) is 2. The highest BCUT2D eigenvalue weighted by Gasteiger charge is 2.31. The monoisotopic (exact) mass is 308 g/mol. The molecule has 0 N–H and O–H groups in total. The number of aryl methyl sites for hydroxylation is 1. The standard InChI is InChI=1S/C15H20N2OS2/c1-11-7-20-13-12(11)16-10-17(14(13)18)8-15(9-19)5-3-2-4-6-15/h7,10,19H,2-6,8-9H2,1H3. The first kappa shape index (κ1) is 14.1. The minimum Gasteiger partial charge on any atom is -0.297 e. The summed E-state index contributed by atoms with van der Waals surface area (Å²) < 4.78 is 2.59. The molecule has 1 fully saturated rings. The van der Waals surface area contributed by atoms with Gasteiger partial charge in [-0.25, -0.2) is 4.98 Å². The lowest BCUT2D eigenvalue weighted by atomic mass is 9.75. The molecule has 0 atom stereocenters. The van der Waals surface area contributed by atoms with Crippen LogP contribution in [-0.4, -0.2) is 15.3 Å². The molecule has 0 amide bonds. The van der Waals surface area contributed by atoms with E-state index in [-0.39, 0.29) is 11.0 Å². The molecule has 2 aromatic rings. The largest absolute Gasteiger partial charge is 0.297 e. The van der Waals surface area contributed by atoms with Gasteiger partial charge in [-0.05, 0) is 41.9 Å². The first-order chi connectivity index (χ1) is 9.65. The first-order valence-corrected chi connectivity index (χ1v) is 8.71. The van der Waals surface area contributed by atoms with Crippen molar-refractivity contribution in [3.05, 3.63) is 27.6 Å². The summed E-state index contributed by atoms with van der Waals surface area (Å²) in [5.74, 6) is 0.848. The Morgan fingerprint density at radius 1 is 1.40 bits per heavy atom. The zero-order valence-corrected chi connectivity index (χ0v) is 13.5. The van der Waals surface area contributed by atoms with Gasteiger partial charge in [0.05, 0.1) is 11.8 Å². The van der Waals surface area contributed by atoms with Crippen LogP contribution in [0.1, 0.15) is 37.7 Å². The van der Waals surface area contributed by atoms with Crippen molar-refractivity contribution in [3.63, 3.8) is 0 Å². The molecule has 2 aromatic heterocycles. The number of rotatable bonds is 3. The number of aromatic nitrogens is 2. The van der Waals surface area contributed by atoms with Gasteiger partial charge in [-0.3, -0.25) is 9.36 Å². The van der Waals surface area contributed by atoms with Gasteiger partial charge in [0.15, 0.2) is 0 Å². The van der Waals surface area contributed by atoms with Gasteiger partial charge >= 0.3 is 0 Å². The Morgan fingerprint density at radius 2 is 2.15 bits per heavy atom. The van der Waals surface area contributed by atoms with E-state index < -0.39 is 0 Å². The number of fused-ring (bicyclic) bond motifs is 1. The zero-order valence-electron chi connectivity index (χ0n) is 11.8. The van der Waals surface area contributed by atoms with Crippen LogP contribution < -0.4 is 5.56 Å². The van der Waals surface area contributed by atoms with Gasteiger partial charge < -0.3 is 0 Å². The highest BCUT2D eigenvalue weighted by molar-refractivity contribution is 7.80. The molecule has 0 aliphatic heterocycles. The molecule has 0 saturated heterocycles. The lowest BCUT2D eigenvalue weighted by Crippen LogP contribution is -2.35. The van der Waals surface area contributed by atoms with Crippen molar-refractivity contribution in [1.29, 1.82) is 0 Å². The number of thiophene rings is 1. The minimum atomic E-state index is 0.111. The van der Waals surface area contributed by atoms with Crippen LogP contribution in [0.25, 0.3) is 10.2 Å². The summed E-state index contributed by atoms with van der Waals surface area (Å²) in [7, 11) is 0. The van der Waals surface area contributed by atoms with Crippen molar-refractivity contribution in [3.8, 4) is 0 Å². The molecule has 3 rings (SSSR count). The Bertz CT molecular complexity index is 668. The fourth-order valence-electron chi connectivity index (χ4n) is 3.20. The summed E-state index contributed by atoms with van der Waals surface area (Å²) in [5.41, 5.74) is 2.24. The molecule has 1 saturated carbocycles. The van der Waals surface area contributed by atoms with Crippen molar-refractivity contribution >= 4 is 34.2 Å². The fraction of sp³-hybridized carbons (Fsp3) is 0.600. The van der Waals surface area contributed by atoms with E-state index in [0.29, 0.717) is 0 Å². The Labute approximate surface area is 128 Å². The summed E-state index contributed by atoms with van der Waals surface area (Å²) in [6, 6.07) is 0. The molecule has 0 aromatic carbocycles. The third kappa shape index (κ3) is 2.42. The van der Waals surface area contributed by atoms with Gasteiger partial charge in [-0.15, -0.1) is 11.3 Å². The predicted molar refractivity (Wildman–Crippen MR) is 88.0 cm³/mol. The van der Waals surface area contributed by atoms with Gasteiger partial charge in [0.25, 0.3) is 5.56 Å². The molecule has 108 valence electrons. The van der Waals surface area contributed by atoms with Crippen molar-refractivity contribution in [2.75, 3.05) is 5.75 Å². The van der Waals surface area contributed by atoms with Crippen molar-refractivity contribution in [2.24, 2.45) is 5.41 Å². The van der Waals surface area contributed by atoms with Crippen molar-refractivity contribution in [2.45, 2.75) is 45.6 Å². The summed E-state index contributed by atoms with van der Waals surface area (Å²) in [5, 5.41) is 2.01. The number of hydrogen-bond donors (Lipinski definition) is 1. The molecule has 1 aliphatic rings. The lowest BCUT2D eigenvalue weighted by Gasteiger charge is -2.36. The summed E-state index contributed by atoms with van der Waals surface area (Å²) in [6.45, 7) is 2.77. The van der Waals surface area contributed by atoms with E-state index in [1.54, 1.807) is 10.9 Å². The third-order valence-corrected chi connectivity index (χ3v) is 6.22. The normalized spacial score (nSPS) is 18.5. The van der Waals surface area contributed by atoms with Crippen molar-refractivity contribution < 1.29 is 0 Å². The fourth-order valence-corrected chi connectivity index (χ4v) is 4.57. The third-order valence-electron chi connectivity index (χ3n) is 4.48. The molecule has 5 heteroatoms. The van der Waals surface area contributed by atoms with E-state index in [1.165, 1.54) is 43.4 Å². The number of thiol groups is 1. The molecule has 2 heterocycles. The Hall–Kier alpha value is -0.810. The number of hydrogen-bond acceptors (Lipinski definition) is 4. The highest BCUT2D eigenvalue weighted by atomic mass is 32.1. The maximum absolute atomic E-state index is 12.6. The van der Waals surface area contributed by atoms with E-state index in [2.05, 4.69) is 17.6 Å². The highest BCUT2D eigenvalue weighted by Crippen LogP contribution is 2.38. The summed E-state index contributed by atoms with van der Waals surface area (Å²) >= 11 is 6.07. The van der Waals surface area contributed by atoms with Crippen LogP contribution in [-0.2, 0) is 6.54 Å². The maximum Gasteiger partial charge on any atom is 0.271 e. The van der Waals surface area contributed by atoms with Crippen LogP contribution in [0.3, 0.4) is 0 Å². The van der Waals surface area contributed by atoms with Gasteiger partial charge in [0, 0.05) is 6.54 Å². The molecule has 0 unspecified atom stereocenters. The lowest BCUT2D eigenvalue weighted by molar-refractivity contribution is 0.187. The second kappa shape index (κ2) is 5.53. The van der Waals surface area contributed by atoms with Crippen LogP contribution in [0.5, 0.6) is 0 Å². The quantitative estimate of drug-likeness (QED) is 0.879. The predicted octanol–water partition coefficient (Wildman–Crippen LogP) is 3.65. The van der Waals surface area contributed by atoms with E-state index in [4.69, 9.17) is 0 Å². The molecular formula is C15H20N2OS2. The topological polar surface area (TPSA) is 34.9 Å². The zero-order chi connectivity index (χ0) is 14.2. The van der Waals surface area contributed by atoms with E-state index in [1.807, 2.05) is 12.3 Å². The Morgan fingerprint density at radius 3 is 2.85 bits per heavy atom. The molecule has 0 spiro atoms. The summed E-state index contributed by atoms with van der Waals surface area (Å²) in [4.78, 5) is 17.1. The van der Waals surface area contributed by atoms with E-state index in [0.717, 1.165) is 28.1 Å². The van der Waals surface area contributed by atoms with Gasteiger partial charge in [0.1, 0.15) is 4.70 Å². The molecule has 0 radical (unpaired) electrons. The SMILES string of the molecule is Cc1csc2c(=O)n(CC3(CS)CCCCC3)cnc12. The Kier molecular flexibility index (Phi) is 3.91. The first-order valence-electron chi connectivity index (χ1n) is 7.19. The van der Waals surface area contributed by atoms with Crippen LogP contribution in [0.2, 0.25) is 0 Å². The van der Waals surface area contributed by atoms with E-state index in [9.17, 15) is 4.79 Å². The average Bonchev–Trinajstić information content (AvgIpc) is 2.85. The molecular weight excluding hydrogens is 288 g/mol. The second-order valence-corrected chi connectivity index (χ2v) is 7.19. The molecule has 3 nitrogen and oxygen atoms in total. The Balaban J connectivity index is 1.98. The van der Waals surface area contributed by atoms with Crippen LogP contribution in [0.15, 0.2) is 16.5 Å². The second-order valence-electron chi connectivity index (χ2n) is 5.99. The average molecular weight is 308 g/mol.